The van der Waals surface area contributed by atoms with Gasteiger partial charge in [0, 0.05) is 33.1 Å². The number of aliphatic hydroxyl groups excluding tert-OH is 1. The summed E-state index contributed by atoms with van der Waals surface area (Å²) >= 11 is 6.13. The van der Waals surface area contributed by atoms with Crippen molar-refractivity contribution in [3.05, 3.63) is 34.3 Å². The lowest BCUT2D eigenvalue weighted by Crippen LogP contribution is -2.38. The molecule has 0 bridgehead atoms. The molecule has 1 aliphatic heterocycles. The SMILES string of the molecule is CC(=O)N1CCN(C(=O)c2c(C)cccc2Cl)C[C@H](O)C1. The number of halogens is 1. The van der Waals surface area contributed by atoms with Crippen LogP contribution in [0, 0.1) is 6.92 Å². The minimum atomic E-state index is -0.747. The maximum atomic E-state index is 12.6. The monoisotopic (exact) mass is 310 g/mol. The summed E-state index contributed by atoms with van der Waals surface area (Å²) in [5.41, 5.74) is 1.26. The number of hydrogen-bond acceptors (Lipinski definition) is 3. The highest BCUT2D eigenvalue weighted by Gasteiger charge is 2.27. The summed E-state index contributed by atoms with van der Waals surface area (Å²) < 4.78 is 0. The highest BCUT2D eigenvalue weighted by atomic mass is 35.5. The number of amides is 2. The molecule has 0 spiro atoms. The van der Waals surface area contributed by atoms with Crippen LogP contribution in [0.4, 0.5) is 0 Å². The van der Waals surface area contributed by atoms with Crippen molar-refractivity contribution in [3.8, 4) is 0 Å². The number of benzene rings is 1. The maximum absolute atomic E-state index is 12.6. The fraction of sp³-hybridized carbons (Fsp3) is 0.467. The first-order valence-electron chi connectivity index (χ1n) is 6.88. The van der Waals surface area contributed by atoms with Gasteiger partial charge in [-0.05, 0) is 18.6 Å². The predicted molar refractivity (Wildman–Crippen MR) is 80.4 cm³/mol. The van der Waals surface area contributed by atoms with Gasteiger partial charge in [-0.25, -0.2) is 0 Å². The summed E-state index contributed by atoms with van der Waals surface area (Å²) in [5.74, 6) is -0.306. The van der Waals surface area contributed by atoms with Crippen LogP contribution in [0.5, 0.6) is 0 Å². The van der Waals surface area contributed by atoms with Crippen molar-refractivity contribution in [2.75, 3.05) is 26.2 Å². The number of carbonyl (C=O) groups is 2. The van der Waals surface area contributed by atoms with Gasteiger partial charge in [0.05, 0.1) is 16.7 Å². The van der Waals surface area contributed by atoms with Crippen LogP contribution in [0.15, 0.2) is 18.2 Å². The number of aryl methyl sites for hydroxylation is 1. The Morgan fingerprint density at radius 1 is 1.24 bits per heavy atom. The van der Waals surface area contributed by atoms with Crippen molar-refractivity contribution >= 4 is 23.4 Å². The third kappa shape index (κ3) is 3.54. The quantitative estimate of drug-likeness (QED) is 0.851. The molecule has 1 aliphatic rings. The van der Waals surface area contributed by atoms with E-state index in [0.717, 1.165) is 5.56 Å². The van der Waals surface area contributed by atoms with Gasteiger partial charge < -0.3 is 14.9 Å². The van der Waals surface area contributed by atoms with Crippen molar-refractivity contribution in [3.63, 3.8) is 0 Å². The van der Waals surface area contributed by atoms with Crippen molar-refractivity contribution < 1.29 is 14.7 Å². The van der Waals surface area contributed by atoms with Crippen molar-refractivity contribution in [1.29, 1.82) is 0 Å². The van der Waals surface area contributed by atoms with E-state index in [9.17, 15) is 14.7 Å². The van der Waals surface area contributed by atoms with Crippen LogP contribution >= 0.6 is 11.6 Å². The van der Waals surface area contributed by atoms with Crippen LogP contribution in [0.1, 0.15) is 22.8 Å². The first kappa shape index (κ1) is 15.8. The molecule has 0 unspecified atom stereocenters. The predicted octanol–water partition coefficient (Wildman–Crippen LogP) is 1.31. The Kier molecular flexibility index (Phi) is 4.85. The summed E-state index contributed by atoms with van der Waals surface area (Å²) in [5, 5.41) is 10.4. The molecule has 1 aromatic rings. The number of nitrogens with zero attached hydrogens (tertiary/aromatic N) is 2. The van der Waals surface area contributed by atoms with E-state index in [0.29, 0.717) is 23.7 Å². The molecule has 2 amide bonds. The van der Waals surface area contributed by atoms with E-state index in [4.69, 9.17) is 11.6 Å². The van der Waals surface area contributed by atoms with E-state index in [1.54, 1.807) is 21.9 Å². The van der Waals surface area contributed by atoms with Crippen LogP contribution < -0.4 is 0 Å². The highest BCUT2D eigenvalue weighted by molar-refractivity contribution is 6.34. The van der Waals surface area contributed by atoms with Crippen LogP contribution in [0.3, 0.4) is 0 Å². The van der Waals surface area contributed by atoms with Crippen LogP contribution in [0.2, 0.25) is 5.02 Å². The molecule has 1 heterocycles. The number of hydrogen-bond donors (Lipinski definition) is 1. The molecule has 6 heteroatoms. The van der Waals surface area contributed by atoms with Gasteiger partial charge in [-0.1, -0.05) is 23.7 Å². The zero-order valence-electron chi connectivity index (χ0n) is 12.2. The Bertz CT molecular complexity index is 542. The first-order valence-corrected chi connectivity index (χ1v) is 7.26. The molecule has 0 saturated carbocycles. The smallest absolute Gasteiger partial charge is 0.255 e. The molecule has 21 heavy (non-hydrogen) atoms. The topological polar surface area (TPSA) is 60.9 Å². The Hall–Kier alpha value is -1.59. The van der Waals surface area contributed by atoms with E-state index in [2.05, 4.69) is 0 Å². The molecule has 0 aromatic heterocycles. The largest absolute Gasteiger partial charge is 0.389 e. The van der Waals surface area contributed by atoms with Gasteiger partial charge in [0.15, 0.2) is 0 Å². The Morgan fingerprint density at radius 3 is 2.48 bits per heavy atom. The minimum absolute atomic E-state index is 0.0997. The lowest BCUT2D eigenvalue weighted by atomic mass is 10.1. The maximum Gasteiger partial charge on any atom is 0.255 e. The Labute approximate surface area is 129 Å². The second-order valence-corrected chi connectivity index (χ2v) is 5.71. The Balaban J connectivity index is 2.21. The van der Waals surface area contributed by atoms with Gasteiger partial charge >= 0.3 is 0 Å². The standard InChI is InChI=1S/C15H19ClN2O3/c1-10-4-3-5-13(16)14(10)15(21)18-7-6-17(11(2)19)8-12(20)9-18/h3-5,12,20H,6-9H2,1-2H3/t12-/m1/s1. The normalized spacial score (nSPS) is 19.3. The molecule has 0 radical (unpaired) electrons. The number of β-amino-alcohol motifs (C(OH)–C–C–N with tert-alkyl or cyclic N) is 1. The Morgan fingerprint density at radius 2 is 1.86 bits per heavy atom. The molecule has 1 fully saturated rings. The first-order chi connectivity index (χ1) is 9.90. The van der Waals surface area contributed by atoms with E-state index in [-0.39, 0.29) is 24.9 Å². The molecular weight excluding hydrogens is 292 g/mol. The summed E-state index contributed by atoms with van der Waals surface area (Å²) in [6.45, 7) is 4.55. The molecule has 1 N–H and O–H groups in total. The third-order valence-electron chi connectivity index (χ3n) is 3.67. The average molecular weight is 311 g/mol. The average Bonchev–Trinajstić information content (AvgIpc) is 2.60. The van der Waals surface area contributed by atoms with Crippen molar-refractivity contribution in [2.24, 2.45) is 0 Å². The lowest BCUT2D eigenvalue weighted by molar-refractivity contribution is -0.129. The lowest BCUT2D eigenvalue weighted by Gasteiger charge is -2.23. The van der Waals surface area contributed by atoms with Gasteiger partial charge in [-0.3, -0.25) is 9.59 Å². The molecule has 1 aromatic carbocycles. The molecule has 114 valence electrons. The minimum Gasteiger partial charge on any atom is -0.389 e. The summed E-state index contributed by atoms with van der Waals surface area (Å²) in [6, 6.07) is 5.30. The number of carbonyl (C=O) groups excluding carboxylic acids is 2. The van der Waals surface area contributed by atoms with Crippen LogP contribution in [-0.2, 0) is 4.79 Å². The summed E-state index contributed by atoms with van der Waals surface area (Å²) in [7, 11) is 0. The highest BCUT2D eigenvalue weighted by Crippen LogP contribution is 2.22. The van der Waals surface area contributed by atoms with Crippen molar-refractivity contribution in [2.45, 2.75) is 20.0 Å². The molecule has 2 rings (SSSR count). The second kappa shape index (κ2) is 6.45. The van der Waals surface area contributed by atoms with Crippen LogP contribution in [-0.4, -0.2) is 59.0 Å². The number of aliphatic hydroxyl groups is 1. The van der Waals surface area contributed by atoms with Crippen LogP contribution in [0.25, 0.3) is 0 Å². The van der Waals surface area contributed by atoms with Gasteiger partial charge in [-0.15, -0.1) is 0 Å². The van der Waals surface area contributed by atoms with Gasteiger partial charge in [0.1, 0.15) is 0 Å². The van der Waals surface area contributed by atoms with Gasteiger partial charge in [0.25, 0.3) is 5.91 Å². The van der Waals surface area contributed by atoms with E-state index in [1.807, 2.05) is 13.0 Å². The van der Waals surface area contributed by atoms with E-state index >= 15 is 0 Å². The molecule has 1 atom stereocenters. The summed E-state index contributed by atoms with van der Waals surface area (Å²) in [4.78, 5) is 27.2. The zero-order valence-corrected chi connectivity index (χ0v) is 12.9. The van der Waals surface area contributed by atoms with Gasteiger partial charge in [-0.2, -0.15) is 0 Å². The summed E-state index contributed by atoms with van der Waals surface area (Å²) in [6.07, 6.45) is -0.747. The third-order valence-corrected chi connectivity index (χ3v) is 3.99. The van der Waals surface area contributed by atoms with E-state index < -0.39 is 6.10 Å². The molecule has 5 nitrogen and oxygen atoms in total. The van der Waals surface area contributed by atoms with Gasteiger partial charge in [0.2, 0.25) is 5.91 Å². The van der Waals surface area contributed by atoms with Crippen molar-refractivity contribution in [1.82, 2.24) is 9.80 Å². The second-order valence-electron chi connectivity index (χ2n) is 5.30. The fourth-order valence-corrected chi connectivity index (χ4v) is 2.82. The number of rotatable bonds is 1. The zero-order chi connectivity index (χ0) is 15.6. The molecule has 0 aliphatic carbocycles. The molecule has 1 saturated heterocycles. The van der Waals surface area contributed by atoms with E-state index in [1.165, 1.54) is 6.92 Å². The molecular formula is C15H19ClN2O3. The fourth-order valence-electron chi connectivity index (χ4n) is 2.52.